The molecule has 0 fully saturated rings. The van der Waals surface area contributed by atoms with Crippen LogP contribution >= 0.6 is 0 Å². The number of rotatable bonds is 8. The Hall–Kier alpha value is -5.29. The number of fused-ring (bicyclic) bond motifs is 2. The highest BCUT2D eigenvalue weighted by Crippen LogP contribution is 2.45. The van der Waals surface area contributed by atoms with E-state index in [-0.39, 0.29) is 39.9 Å². The van der Waals surface area contributed by atoms with Crippen molar-refractivity contribution in [2.45, 2.75) is 16.2 Å². The normalized spacial score (nSPS) is 12.0. The standard InChI is InChI=1S/C29H23N3O11S2/c30-21-9-7-18-23(19-8-10-22(31)27(45(40,41)42)25(19)43-24(18)26(21)44(37,38)39)17-6-3-15(13-20(17)29(35)36)28(34)32-12-11-14-1-4-16(33)5-2-14/h1-10,13,30,33H,11-12,31H2,(H,32,34)(H,35,36)(H,37,38,39)(H,40,41,42)/p+1. The van der Waals surface area contributed by atoms with E-state index in [1.807, 2.05) is 0 Å². The monoisotopic (exact) mass is 654 g/mol. The first-order valence-electron chi connectivity index (χ1n) is 12.9. The molecule has 0 aromatic heterocycles. The first-order chi connectivity index (χ1) is 21.1. The molecule has 0 radical (unpaired) electrons. The lowest BCUT2D eigenvalue weighted by Crippen LogP contribution is -2.47. The average molecular weight is 655 g/mol. The molecule has 0 unspecified atom stereocenters. The Bertz CT molecular complexity index is 2280. The van der Waals surface area contributed by atoms with Gasteiger partial charge in [-0.2, -0.15) is 16.8 Å². The number of phenolic OH excluding ortho intramolecular Hbond substituents is 1. The molecule has 1 heterocycles. The van der Waals surface area contributed by atoms with Gasteiger partial charge in [0.1, 0.15) is 5.75 Å². The van der Waals surface area contributed by atoms with Crippen molar-refractivity contribution in [3.63, 3.8) is 0 Å². The molecule has 3 aromatic carbocycles. The second-order valence-electron chi connectivity index (χ2n) is 9.89. The van der Waals surface area contributed by atoms with E-state index >= 15 is 0 Å². The number of anilines is 1. The number of aromatic carboxylic acids is 1. The summed E-state index contributed by atoms with van der Waals surface area (Å²) in [4.78, 5) is 23.6. The minimum Gasteiger partial charge on any atom is -0.508 e. The zero-order valence-corrected chi connectivity index (χ0v) is 24.5. The Morgan fingerprint density at radius 1 is 0.867 bits per heavy atom. The van der Waals surface area contributed by atoms with Crippen LogP contribution in [0.15, 0.2) is 80.9 Å². The van der Waals surface area contributed by atoms with Crippen LogP contribution in [0.5, 0.6) is 5.75 Å². The number of hydrogen-bond acceptors (Lipinski definition) is 9. The van der Waals surface area contributed by atoms with Crippen molar-refractivity contribution in [1.82, 2.24) is 5.32 Å². The largest absolute Gasteiger partial charge is 0.508 e. The highest BCUT2D eigenvalue weighted by atomic mass is 32.2. The fourth-order valence-corrected chi connectivity index (χ4v) is 6.49. The van der Waals surface area contributed by atoms with Crippen LogP contribution in [0.2, 0.25) is 0 Å². The molecular formula is C29H24N3O11S2+. The summed E-state index contributed by atoms with van der Waals surface area (Å²) in [5, 5.41) is 27.5. The highest BCUT2D eigenvalue weighted by Gasteiger charge is 2.33. The number of amides is 1. The molecule has 0 bridgehead atoms. The molecule has 1 aliphatic carbocycles. The lowest BCUT2D eigenvalue weighted by molar-refractivity contribution is -0.176. The van der Waals surface area contributed by atoms with E-state index in [2.05, 4.69) is 5.32 Å². The average Bonchev–Trinajstić information content (AvgIpc) is 2.95. The number of phenols is 1. The van der Waals surface area contributed by atoms with Crippen molar-refractivity contribution in [2.75, 3.05) is 12.3 Å². The third-order valence-electron chi connectivity index (χ3n) is 6.96. The number of benzene rings is 4. The van der Waals surface area contributed by atoms with Gasteiger partial charge in [-0.3, -0.25) is 19.3 Å². The van der Waals surface area contributed by atoms with Crippen LogP contribution in [-0.4, -0.2) is 54.6 Å². The highest BCUT2D eigenvalue weighted by molar-refractivity contribution is 7.86. The van der Waals surface area contributed by atoms with Gasteiger partial charge in [0.2, 0.25) is 10.3 Å². The number of carboxylic acids is 1. The Morgan fingerprint density at radius 2 is 1.51 bits per heavy atom. The summed E-state index contributed by atoms with van der Waals surface area (Å²) >= 11 is 0. The zero-order valence-electron chi connectivity index (χ0n) is 22.9. The third-order valence-corrected chi connectivity index (χ3v) is 8.83. The maximum atomic E-state index is 12.9. The van der Waals surface area contributed by atoms with Gasteiger partial charge in [0.05, 0.1) is 11.3 Å². The number of carboxylic acid groups (broad SMARTS) is 1. The van der Waals surface area contributed by atoms with E-state index in [0.717, 1.165) is 23.8 Å². The van der Waals surface area contributed by atoms with Crippen LogP contribution in [0.3, 0.4) is 0 Å². The molecule has 1 amide bonds. The summed E-state index contributed by atoms with van der Waals surface area (Å²) in [6.07, 6.45) is 0.417. The molecular weight excluding hydrogens is 630 g/mol. The van der Waals surface area contributed by atoms with Gasteiger partial charge >= 0.3 is 16.1 Å². The van der Waals surface area contributed by atoms with Crippen LogP contribution in [0.4, 0.5) is 5.69 Å². The quantitative estimate of drug-likeness (QED) is 0.0710. The van der Waals surface area contributed by atoms with Gasteiger partial charge in [-0.05, 0) is 60.0 Å². The van der Waals surface area contributed by atoms with Crippen molar-refractivity contribution >= 4 is 48.8 Å². The van der Waals surface area contributed by atoms with Gasteiger partial charge in [-0.1, -0.05) is 18.2 Å². The minimum atomic E-state index is -5.11. The predicted octanol–water partition coefficient (Wildman–Crippen LogP) is 1.32. The number of carbonyl (C=O) groups is 2. The Morgan fingerprint density at radius 3 is 2.13 bits per heavy atom. The van der Waals surface area contributed by atoms with E-state index in [1.54, 1.807) is 12.1 Å². The summed E-state index contributed by atoms with van der Waals surface area (Å²) < 4.78 is 75.1. The summed E-state index contributed by atoms with van der Waals surface area (Å²) in [6.45, 7) is 0.183. The molecule has 16 heteroatoms. The number of nitrogen functional groups attached to an aromatic ring is 1. The van der Waals surface area contributed by atoms with Gasteiger partial charge < -0.3 is 25.7 Å². The number of aromatic hydroxyl groups is 1. The van der Waals surface area contributed by atoms with Gasteiger partial charge in [0.15, 0.2) is 16.2 Å². The van der Waals surface area contributed by atoms with E-state index in [0.29, 0.717) is 6.42 Å². The van der Waals surface area contributed by atoms with Crippen LogP contribution in [0.1, 0.15) is 26.3 Å². The van der Waals surface area contributed by atoms with Gasteiger partial charge in [-0.25, -0.2) is 4.79 Å². The molecule has 3 aromatic rings. The fourth-order valence-electron chi connectivity index (χ4n) is 4.99. The van der Waals surface area contributed by atoms with Gasteiger partial charge in [0, 0.05) is 34.7 Å². The predicted molar refractivity (Wildman–Crippen MR) is 158 cm³/mol. The lowest BCUT2D eigenvalue weighted by Gasteiger charge is -2.19. The molecule has 5 rings (SSSR count). The Labute approximate surface area is 254 Å². The summed E-state index contributed by atoms with van der Waals surface area (Å²) in [6, 6.07) is 14.8. The maximum Gasteiger partial charge on any atom is 0.336 e. The van der Waals surface area contributed by atoms with Crippen LogP contribution in [-0.2, 0) is 26.7 Å². The zero-order chi connectivity index (χ0) is 32.8. The van der Waals surface area contributed by atoms with Crippen LogP contribution in [0.25, 0.3) is 33.4 Å². The first-order valence-corrected chi connectivity index (χ1v) is 15.7. The SMILES string of the molecule is Nc1ccc2c(-c3ccc(C(=O)NCCc4ccc(O)cc4)cc3C(=O)O)c3ccc(=[NH2+])c(S(=O)(=O)O)c-3oc2c1S(=O)(=O)O. The van der Waals surface area contributed by atoms with E-state index in [9.17, 15) is 45.7 Å². The second-order valence-corrected chi connectivity index (χ2v) is 12.6. The topological polar surface area (TPSA) is 260 Å². The molecule has 9 N–H and O–H groups in total. The maximum absolute atomic E-state index is 12.9. The van der Waals surface area contributed by atoms with Crippen molar-refractivity contribution in [3.05, 3.63) is 88.8 Å². The molecule has 0 saturated carbocycles. The van der Waals surface area contributed by atoms with Crippen LogP contribution in [0, 0.1) is 0 Å². The minimum absolute atomic E-state index is 0.0400. The summed E-state index contributed by atoms with van der Waals surface area (Å²) in [5.41, 5.74) is 4.76. The molecule has 2 aliphatic rings. The van der Waals surface area contributed by atoms with Gasteiger partial charge in [-0.15, -0.1) is 0 Å². The summed E-state index contributed by atoms with van der Waals surface area (Å²) in [5.74, 6) is -2.67. The Balaban J connectivity index is 1.73. The van der Waals surface area contributed by atoms with Crippen molar-refractivity contribution in [2.24, 2.45) is 0 Å². The molecule has 232 valence electrons. The van der Waals surface area contributed by atoms with Crippen molar-refractivity contribution in [3.8, 4) is 28.2 Å². The molecule has 0 atom stereocenters. The summed E-state index contributed by atoms with van der Waals surface area (Å²) in [7, 11) is -10.2. The molecule has 14 nitrogen and oxygen atoms in total. The smallest absolute Gasteiger partial charge is 0.336 e. The van der Waals surface area contributed by atoms with E-state index < -0.39 is 69.9 Å². The number of nitrogens with one attached hydrogen (secondary N) is 1. The molecule has 0 saturated heterocycles. The number of nitrogens with two attached hydrogens (primary N) is 2. The molecule has 1 aliphatic heterocycles. The Kier molecular flexibility index (Phi) is 7.84. The second kappa shape index (κ2) is 11.3. The first kappa shape index (κ1) is 31.1. The van der Waals surface area contributed by atoms with Crippen molar-refractivity contribution in [1.29, 1.82) is 0 Å². The van der Waals surface area contributed by atoms with E-state index in [4.69, 9.17) is 15.6 Å². The third kappa shape index (κ3) is 5.94. The molecule has 45 heavy (non-hydrogen) atoms. The lowest BCUT2D eigenvalue weighted by atomic mass is 9.89. The van der Waals surface area contributed by atoms with Crippen LogP contribution < -0.4 is 21.8 Å². The molecule has 0 spiro atoms. The van der Waals surface area contributed by atoms with Gasteiger partial charge in [0.25, 0.3) is 16.0 Å². The van der Waals surface area contributed by atoms with Crippen molar-refractivity contribution < 1.29 is 55.6 Å². The number of hydrogen-bond donors (Lipinski definition) is 7. The van der Waals surface area contributed by atoms with E-state index in [1.165, 1.54) is 36.4 Å². The number of carbonyl (C=O) groups excluding carboxylic acids is 1. The fraction of sp³-hybridized carbons (Fsp3) is 0.0690.